The summed E-state index contributed by atoms with van der Waals surface area (Å²) in [5.74, 6) is -0.583. The fourth-order valence-electron chi connectivity index (χ4n) is 3.14. The summed E-state index contributed by atoms with van der Waals surface area (Å²) in [6, 6.07) is 5.15. The number of rotatable bonds is 6. The van der Waals surface area contributed by atoms with Crippen LogP contribution < -0.4 is 5.32 Å². The molecule has 0 radical (unpaired) electrons. The van der Waals surface area contributed by atoms with Crippen LogP contribution in [-0.2, 0) is 17.5 Å². The summed E-state index contributed by atoms with van der Waals surface area (Å²) in [5, 5.41) is 11.3. The zero-order valence-electron chi connectivity index (χ0n) is 16.2. The Balaban J connectivity index is 1.49. The van der Waals surface area contributed by atoms with Gasteiger partial charge in [-0.3, -0.25) is 14.8 Å². The Morgan fingerprint density at radius 2 is 1.94 bits per heavy atom. The summed E-state index contributed by atoms with van der Waals surface area (Å²) >= 11 is 12.3. The van der Waals surface area contributed by atoms with Crippen molar-refractivity contribution in [2.75, 3.05) is 5.32 Å². The van der Waals surface area contributed by atoms with E-state index in [9.17, 15) is 18.0 Å². The van der Waals surface area contributed by atoms with Crippen LogP contribution in [0.1, 0.15) is 48.7 Å². The van der Waals surface area contributed by atoms with Crippen LogP contribution in [-0.4, -0.2) is 30.5 Å². The first-order chi connectivity index (χ1) is 14.6. The minimum Gasteiger partial charge on any atom is -0.291 e. The monoisotopic (exact) mass is 472 g/mol. The molecule has 1 saturated carbocycles. The highest BCUT2D eigenvalue weighted by atomic mass is 35.5. The molecule has 7 nitrogen and oxygen atoms in total. The first-order valence-corrected chi connectivity index (χ1v) is 10.2. The van der Waals surface area contributed by atoms with Crippen LogP contribution in [0.5, 0.6) is 0 Å². The van der Waals surface area contributed by atoms with E-state index in [0.29, 0.717) is 21.3 Å². The van der Waals surface area contributed by atoms with E-state index >= 15 is 0 Å². The van der Waals surface area contributed by atoms with Crippen molar-refractivity contribution >= 4 is 35.1 Å². The van der Waals surface area contributed by atoms with E-state index in [1.807, 2.05) is 0 Å². The van der Waals surface area contributed by atoms with Gasteiger partial charge in [0.1, 0.15) is 12.4 Å². The second-order valence-corrected chi connectivity index (χ2v) is 8.12. The van der Waals surface area contributed by atoms with E-state index in [1.54, 1.807) is 18.2 Å². The van der Waals surface area contributed by atoms with Gasteiger partial charge in [-0.1, -0.05) is 29.3 Å². The van der Waals surface area contributed by atoms with Crippen LogP contribution in [0.3, 0.4) is 0 Å². The Hall–Kier alpha value is -2.59. The number of hydrogen-bond donors (Lipinski definition) is 1. The van der Waals surface area contributed by atoms with E-state index < -0.39 is 23.8 Å². The zero-order chi connectivity index (χ0) is 22.3. The van der Waals surface area contributed by atoms with Crippen molar-refractivity contribution < 1.29 is 18.0 Å². The number of nitrogens with one attached hydrogen (secondary N) is 1. The lowest BCUT2D eigenvalue weighted by Gasteiger charge is -2.14. The quantitative estimate of drug-likeness (QED) is 0.551. The number of nitrogens with zero attached hydrogens (tertiary/aromatic N) is 5. The average molecular weight is 473 g/mol. The lowest BCUT2D eigenvalue weighted by molar-refractivity contribution is -0.141. The summed E-state index contributed by atoms with van der Waals surface area (Å²) in [5.41, 5.74) is 0.0437. The molecule has 12 heteroatoms. The minimum atomic E-state index is -4.58. The summed E-state index contributed by atoms with van der Waals surface area (Å²) in [4.78, 5) is 16.7. The van der Waals surface area contributed by atoms with Crippen LogP contribution in [0.2, 0.25) is 10.0 Å². The number of halogens is 5. The first kappa shape index (κ1) is 21.6. The van der Waals surface area contributed by atoms with Gasteiger partial charge in [0.15, 0.2) is 5.69 Å². The topological polar surface area (TPSA) is 77.6 Å². The van der Waals surface area contributed by atoms with E-state index in [2.05, 4.69) is 20.5 Å². The average Bonchev–Trinajstić information content (AvgIpc) is 3.28. The molecule has 1 fully saturated rings. The Bertz CT molecular complexity index is 1100. The predicted molar refractivity (Wildman–Crippen MR) is 108 cm³/mol. The highest BCUT2D eigenvalue weighted by Crippen LogP contribution is 2.43. The lowest BCUT2D eigenvalue weighted by Crippen LogP contribution is -2.26. The molecule has 2 heterocycles. The summed E-state index contributed by atoms with van der Waals surface area (Å²) < 4.78 is 41.9. The van der Waals surface area contributed by atoms with Gasteiger partial charge in [0.2, 0.25) is 5.95 Å². The van der Waals surface area contributed by atoms with Crippen LogP contribution >= 0.6 is 23.2 Å². The fourth-order valence-corrected chi connectivity index (χ4v) is 3.66. The summed E-state index contributed by atoms with van der Waals surface area (Å²) in [7, 11) is 0. The van der Waals surface area contributed by atoms with Crippen LogP contribution in [0.15, 0.2) is 30.6 Å². The normalized spacial score (nSPS) is 15.2. The number of amides is 1. The Morgan fingerprint density at radius 3 is 2.55 bits per heavy atom. The highest BCUT2D eigenvalue weighted by molar-refractivity contribution is 6.35. The highest BCUT2D eigenvalue weighted by Gasteiger charge is 2.39. The van der Waals surface area contributed by atoms with E-state index in [4.69, 9.17) is 23.2 Å². The number of aromatic nitrogens is 5. The van der Waals surface area contributed by atoms with Gasteiger partial charge in [0.05, 0.1) is 6.54 Å². The van der Waals surface area contributed by atoms with Crippen molar-refractivity contribution in [3.05, 3.63) is 57.6 Å². The molecule has 4 rings (SSSR count). The minimum absolute atomic E-state index is 0.0104. The molecule has 0 aliphatic heterocycles. The van der Waals surface area contributed by atoms with Gasteiger partial charge in [-0.05, 0) is 38.0 Å². The molecule has 31 heavy (non-hydrogen) atoms. The SMILES string of the molecule is CC(C(=O)Nc1ncn(Cc2c(Cl)cccc2Cl)n1)n1nc(C(F)(F)F)cc1C1CC1. The van der Waals surface area contributed by atoms with Gasteiger partial charge in [-0.2, -0.15) is 18.3 Å². The van der Waals surface area contributed by atoms with Gasteiger partial charge in [0, 0.05) is 27.2 Å². The van der Waals surface area contributed by atoms with Crippen molar-refractivity contribution in [3.63, 3.8) is 0 Å². The van der Waals surface area contributed by atoms with E-state index in [1.165, 1.54) is 17.9 Å². The molecule has 0 saturated heterocycles. The van der Waals surface area contributed by atoms with Crippen molar-refractivity contribution in [1.82, 2.24) is 24.5 Å². The van der Waals surface area contributed by atoms with Crippen molar-refractivity contribution in [2.24, 2.45) is 0 Å². The lowest BCUT2D eigenvalue weighted by atomic mass is 10.2. The number of anilines is 1. The molecule has 3 aromatic rings. The van der Waals surface area contributed by atoms with Crippen LogP contribution in [0, 0.1) is 0 Å². The van der Waals surface area contributed by atoms with Crippen molar-refractivity contribution in [2.45, 2.75) is 44.4 Å². The maximum atomic E-state index is 13.1. The fraction of sp³-hybridized carbons (Fsp3) is 0.368. The molecule has 0 bridgehead atoms. The molecule has 1 atom stereocenters. The second-order valence-electron chi connectivity index (χ2n) is 7.30. The number of benzene rings is 1. The van der Waals surface area contributed by atoms with Crippen molar-refractivity contribution in [3.8, 4) is 0 Å². The molecular weight excluding hydrogens is 456 g/mol. The number of carbonyl (C=O) groups excluding carboxylic acids is 1. The molecule has 1 aliphatic rings. The van der Waals surface area contributed by atoms with Gasteiger partial charge >= 0.3 is 6.18 Å². The second kappa shape index (κ2) is 8.16. The number of hydrogen-bond acceptors (Lipinski definition) is 4. The third kappa shape index (κ3) is 4.69. The maximum Gasteiger partial charge on any atom is 0.435 e. The Morgan fingerprint density at radius 1 is 1.26 bits per heavy atom. The predicted octanol–water partition coefficient (Wildman–Crippen LogP) is 4.93. The number of alkyl halides is 3. The molecule has 2 aromatic heterocycles. The Labute approximate surface area is 185 Å². The van der Waals surface area contributed by atoms with Crippen molar-refractivity contribution in [1.29, 1.82) is 0 Å². The third-order valence-corrected chi connectivity index (χ3v) is 5.66. The third-order valence-electron chi connectivity index (χ3n) is 4.95. The molecule has 164 valence electrons. The summed E-state index contributed by atoms with van der Waals surface area (Å²) in [6.07, 6.45) is -1.64. The van der Waals surface area contributed by atoms with Gasteiger partial charge < -0.3 is 0 Å². The van der Waals surface area contributed by atoms with Crippen LogP contribution in [0.25, 0.3) is 0 Å². The largest absolute Gasteiger partial charge is 0.435 e. The molecule has 1 N–H and O–H groups in total. The molecule has 0 spiro atoms. The molecule has 1 amide bonds. The van der Waals surface area contributed by atoms with E-state index in [-0.39, 0.29) is 18.4 Å². The van der Waals surface area contributed by atoms with E-state index in [0.717, 1.165) is 23.6 Å². The number of carbonyl (C=O) groups is 1. The molecule has 1 aromatic carbocycles. The van der Waals surface area contributed by atoms with Crippen LogP contribution in [0.4, 0.5) is 19.1 Å². The van der Waals surface area contributed by atoms with Gasteiger partial charge in [-0.15, -0.1) is 5.10 Å². The molecule has 1 aliphatic carbocycles. The van der Waals surface area contributed by atoms with Gasteiger partial charge in [0.25, 0.3) is 5.91 Å². The Kier molecular flexibility index (Phi) is 5.69. The van der Waals surface area contributed by atoms with Gasteiger partial charge in [-0.25, -0.2) is 9.67 Å². The maximum absolute atomic E-state index is 13.1. The first-order valence-electron chi connectivity index (χ1n) is 9.43. The zero-order valence-corrected chi connectivity index (χ0v) is 17.7. The standard InChI is InChI=1S/C19H17Cl2F3N6O/c1-10(30-15(11-5-6-11)7-16(27-30)19(22,23)24)17(31)26-18-25-9-29(28-18)8-12-13(20)3-2-4-14(12)21/h2-4,7,9-11H,5-6,8H2,1H3,(H,26,28,31). The molecule has 1 unspecified atom stereocenters. The summed E-state index contributed by atoms with van der Waals surface area (Å²) in [6.45, 7) is 1.71. The molecular formula is C19H17Cl2F3N6O. The smallest absolute Gasteiger partial charge is 0.291 e.